The minimum Gasteiger partial charge on any atom is -1.00 e. The number of aryl methyl sites for hydroxylation is 1. The Kier molecular flexibility index (Phi) is 3.63. The Bertz CT molecular complexity index is 646. The molecule has 0 atom stereocenters. The highest BCUT2D eigenvalue weighted by molar-refractivity contribution is 5.91. The van der Waals surface area contributed by atoms with E-state index in [1.54, 1.807) is 0 Å². The largest absolute Gasteiger partial charge is 1.00 e. The van der Waals surface area contributed by atoms with Gasteiger partial charge in [-0.2, -0.15) is 0 Å². The van der Waals surface area contributed by atoms with Crippen molar-refractivity contribution in [3.8, 4) is 11.3 Å². The quantitative estimate of drug-likeness (QED) is 0.598. The molecule has 2 aromatic heterocycles. The van der Waals surface area contributed by atoms with Crippen LogP contribution in [0, 0.1) is 0 Å². The molecule has 18 heavy (non-hydrogen) atoms. The number of fused-ring (bicyclic) bond motifs is 1. The molecule has 0 N–H and O–H groups in total. The Balaban J connectivity index is 0.00000120. The summed E-state index contributed by atoms with van der Waals surface area (Å²) in [5, 5.41) is 5.19. The number of halogens is 1. The van der Waals surface area contributed by atoms with Crippen LogP contribution in [0.1, 0.15) is 6.92 Å². The zero-order chi connectivity index (χ0) is 11.7. The molecule has 0 aliphatic carbocycles. The van der Waals surface area contributed by atoms with Crippen LogP contribution in [0.3, 0.4) is 0 Å². The summed E-state index contributed by atoms with van der Waals surface area (Å²) in [6.07, 6.45) is 4.11. The molecule has 0 aliphatic rings. The standard InChI is InChI=1S/C14H13N2O.ClH/c1-2-16-9-7-11(8-10-16)14-12-5-3-4-6-13(12)17-15-14;/h3-10H,2H2,1H3;1H/q+1;/p-1. The van der Waals surface area contributed by atoms with E-state index in [9.17, 15) is 0 Å². The summed E-state index contributed by atoms with van der Waals surface area (Å²) < 4.78 is 7.42. The van der Waals surface area contributed by atoms with Gasteiger partial charge < -0.3 is 16.9 Å². The number of hydrogen-bond donors (Lipinski definition) is 0. The number of hydrogen-bond acceptors (Lipinski definition) is 2. The molecule has 3 nitrogen and oxygen atoms in total. The minimum atomic E-state index is 0. The predicted molar refractivity (Wildman–Crippen MR) is 65.3 cm³/mol. The van der Waals surface area contributed by atoms with Crippen LogP contribution in [0.4, 0.5) is 0 Å². The SMILES string of the molecule is CC[n+]1ccc(-c2noc3ccccc23)cc1.[Cl-]. The normalized spacial score (nSPS) is 10.3. The van der Waals surface area contributed by atoms with Gasteiger partial charge in [-0.05, 0) is 19.1 Å². The van der Waals surface area contributed by atoms with Gasteiger partial charge in [-0.3, -0.25) is 0 Å². The van der Waals surface area contributed by atoms with Crippen LogP contribution in [0.15, 0.2) is 53.3 Å². The lowest BCUT2D eigenvalue weighted by molar-refractivity contribution is -0.693. The lowest BCUT2D eigenvalue weighted by atomic mass is 10.1. The first-order valence-corrected chi connectivity index (χ1v) is 5.72. The van der Waals surface area contributed by atoms with Gasteiger partial charge in [0.15, 0.2) is 18.0 Å². The first kappa shape index (κ1) is 12.6. The Hall–Kier alpha value is -1.87. The number of pyridine rings is 1. The molecule has 0 amide bonds. The van der Waals surface area contributed by atoms with Crippen LogP contribution in [0.25, 0.3) is 22.2 Å². The van der Waals surface area contributed by atoms with Crippen molar-refractivity contribution in [1.82, 2.24) is 5.16 Å². The van der Waals surface area contributed by atoms with Gasteiger partial charge in [0.05, 0.1) is 0 Å². The van der Waals surface area contributed by atoms with E-state index < -0.39 is 0 Å². The van der Waals surface area contributed by atoms with E-state index in [2.05, 4.69) is 41.2 Å². The summed E-state index contributed by atoms with van der Waals surface area (Å²) in [4.78, 5) is 0. The summed E-state index contributed by atoms with van der Waals surface area (Å²) in [5.41, 5.74) is 2.82. The van der Waals surface area contributed by atoms with Crippen molar-refractivity contribution in [2.45, 2.75) is 13.5 Å². The third-order valence-electron chi connectivity index (χ3n) is 2.91. The van der Waals surface area contributed by atoms with Crippen LogP contribution in [-0.2, 0) is 6.54 Å². The van der Waals surface area contributed by atoms with Crippen LogP contribution < -0.4 is 17.0 Å². The summed E-state index contributed by atoms with van der Waals surface area (Å²) in [6.45, 7) is 3.09. The molecule has 4 heteroatoms. The Morgan fingerprint density at radius 3 is 2.56 bits per heavy atom. The summed E-state index contributed by atoms with van der Waals surface area (Å²) in [7, 11) is 0. The second kappa shape index (κ2) is 5.19. The molecule has 0 radical (unpaired) electrons. The fourth-order valence-corrected chi connectivity index (χ4v) is 1.92. The van der Waals surface area contributed by atoms with Crippen LogP contribution in [-0.4, -0.2) is 5.16 Å². The number of aromatic nitrogens is 2. The molecule has 0 spiro atoms. The average molecular weight is 261 g/mol. The maximum atomic E-state index is 5.30. The molecular weight excluding hydrogens is 248 g/mol. The number of rotatable bonds is 2. The Morgan fingerprint density at radius 2 is 1.83 bits per heavy atom. The van der Waals surface area contributed by atoms with Crippen molar-refractivity contribution in [2.24, 2.45) is 0 Å². The predicted octanol–water partition coefficient (Wildman–Crippen LogP) is -0.194. The number of para-hydroxylation sites is 1. The molecule has 2 heterocycles. The van der Waals surface area contributed by atoms with E-state index in [1.165, 1.54) is 0 Å². The van der Waals surface area contributed by atoms with E-state index in [1.807, 2.05) is 24.3 Å². The smallest absolute Gasteiger partial charge is 0.169 e. The van der Waals surface area contributed by atoms with Gasteiger partial charge in [-0.25, -0.2) is 4.57 Å². The first-order valence-electron chi connectivity index (χ1n) is 5.72. The van der Waals surface area contributed by atoms with Crippen molar-refractivity contribution in [3.63, 3.8) is 0 Å². The van der Waals surface area contributed by atoms with Crippen molar-refractivity contribution in [3.05, 3.63) is 48.8 Å². The van der Waals surface area contributed by atoms with Gasteiger partial charge in [-0.1, -0.05) is 17.3 Å². The van der Waals surface area contributed by atoms with Crippen LogP contribution in [0.2, 0.25) is 0 Å². The second-order valence-corrected chi connectivity index (χ2v) is 3.94. The molecule has 0 aliphatic heterocycles. The monoisotopic (exact) mass is 260 g/mol. The maximum Gasteiger partial charge on any atom is 0.169 e. The highest BCUT2D eigenvalue weighted by Crippen LogP contribution is 2.26. The molecule has 3 aromatic rings. The molecule has 0 saturated carbocycles. The summed E-state index contributed by atoms with van der Waals surface area (Å²) in [6, 6.07) is 12.0. The lowest BCUT2D eigenvalue weighted by Crippen LogP contribution is -3.00. The molecule has 1 aromatic carbocycles. The third-order valence-corrected chi connectivity index (χ3v) is 2.91. The minimum absolute atomic E-state index is 0. The zero-order valence-corrected chi connectivity index (χ0v) is 10.8. The molecule has 0 saturated heterocycles. The lowest BCUT2D eigenvalue weighted by Gasteiger charge is -1.95. The third kappa shape index (κ3) is 2.09. The van der Waals surface area contributed by atoms with Gasteiger partial charge in [0.25, 0.3) is 0 Å². The fourth-order valence-electron chi connectivity index (χ4n) is 1.92. The number of nitrogens with zero attached hydrogens (tertiary/aromatic N) is 2. The Labute approximate surface area is 111 Å². The summed E-state index contributed by atoms with van der Waals surface area (Å²) in [5.74, 6) is 0. The van der Waals surface area contributed by atoms with Crippen molar-refractivity contribution < 1.29 is 21.5 Å². The molecule has 3 rings (SSSR count). The van der Waals surface area contributed by atoms with Gasteiger partial charge in [0, 0.05) is 23.1 Å². The van der Waals surface area contributed by atoms with Gasteiger partial charge >= 0.3 is 0 Å². The van der Waals surface area contributed by atoms with E-state index in [0.717, 1.165) is 28.8 Å². The van der Waals surface area contributed by atoms with Crippen molar-refractivity contribution >= 4 is 11.0 Å². The first-order chi connectivity index (χ1) is 8.38. The molecule has 0 bridgehead atoms. The Morgan fingerprint density at radius 1 is 1.11 bits per heavy atom. The highest BCUT2D eigenvalue weighted by Gasteiger charge is 2.10. The van der Waals surface area contributed by atoms with Gasteiger partial charge in [-0.15, -0.1) is 0 Å². The van der Waals surface area contributed by atoms with Gasteiger partial charge in [0.1, 0.15) is 12.2 Å². The molecule has 0 fully saturated rings. The number of benzene rings is 1. The summed E-state index contributed by atoms with van der Waals surface area (Å²) >= 11 is 0. The van der Waals surface area contributed by atoms with Crippen LogP contribution >= 0.6 is 0 Å². The maximum absolute atomic E-state index is 5.30. The van der Waals surface area contributed by atoms with Crippen LogP contribution in [0.5, 0.6) is 0 Å². The highest BCUT2D eigenvalue weighted by atomic mass is 35.5. The van der Waals surface area contributed by atoms with Gasteiger partial charge in [0.2, 0.25) is 0 Å². The second-order valence-electron chi connectivity index (χ2n) is 3.94. The van der Waals surface area contributed by atoms with E-state index >= 15 is 0 Å². The molecular formula is C14H13ClN2O. The molecule has 0 unspecified atom stereocenters. The molecule has 92 valence electrons. The topological polar surface area (TPSA) is 29.9 Å². The zero-order valence-electron chi connectivity index (χ0n) is 10.0. The van der Waals surface area contributed by atoms with Crippen molar-refractivity contribution in [2.75, 3.05) is 0 Å². The van der Waals surface area contributed by atoms with E-state index in [4.69, 9.17) is 4.52 Å². The van der Waals surface area contributed by atoms with Crippen molar-refractivity contribution in [1.29, 1.82) is 0 Å². The van der Waals surface area contributed by atoms with E-state index in [-0.39, 0.29) is 12.4 Å². The average Bonchev–Trinajstić information content (AvgIpc) is 2.83. The fraction of sp³-hybridized carbons (Fsp3) is 0.143. The van der Waals surface area contributed by atoms with E-state index in [0.29, 0.717) is 0 Å².